The Labute approximate surface area is 115 Å². The van der Waals surface area contributed by atoms with Crippen LogP contribution in [0.15, 0.2) is 53.1 Å². The lowest BCUT2D eigenvalue weighted by Crippen LogP contribution is -2.00. The van der Waals surface area contributed by atoms with Crippen molar-refractivity contribution in [2.75, 3.05) is 11.9 Å². The van der Waals surface area contributed by atoms with Crippen LogP contribution in [0.1, 0.15) is 17.7 Å². The second kappa shape index (κ2) is 4.94. The number of halogens is 1. The Morgan fingerprint density at radius 2 is 2.11 bits per heavy atom. The molecule has 0 unspecified atom stereocenters. The lowest BCUT2D eigenvalue weighted by Gasteiger charge is -2.11. The Morgan fingerprint density at radius 1 is 1.17 bits per heavy atom. The van der Waals surface area contributed by atoms with Crippen molar-refractivity contribution in [3.63, 3.8) is 0 Å². The molecule has 0 fully saturated rings. The van der Waals surface area contributed by atoms with Gasteiger partial charge in [-0.05, 0) is 36.8 Å². The third-order valence-electron chi connectivity index (χ3n) is 3.02. The van der Waals surface area contributed by atoms with Gasteiger partial charge in [-0.15, -0.1) is 0 Å². The van der Waals surface area contributed by atoms with E-state index in [0.717, 1.165) is 23.1 Å². The van der Waals surface area contributed by atoms with Gasteiger partial charge >= 0.3 is 0 Å². The number of benzene rings is 1. The first kappa shape index (κ1) is 11.5. The number of hydrogen-bond acceptors (Lipinski definition) is 2. The van der Waals surface area contributed by atoms with E-state index in [1.165, 1.54) is 16.8 Å². The summed E-state index contributed by atoms with van der Waals surface area (Å²) in [5.41, 5.74) is 4.62. The number of rotatable bonds is 1. The zero-order valence-electron chi connectivity index (χ0n) is 9.86. The summed E-state index contributed by atoms with van der Waals surface area (Å²) in [5.74, 6) is 0. The smallest absolute Gasteiger partial charge is 0.0705 e. The monoisotopic (exact) mass is 300 g/mol. The van der Waals surface area contributed by atoms with Gasteiger partial charge in [0.25, 0.3) is 0 Å². The number of anilines is 1. The van der Waals surface area contributed by atoms with Crippen molar-refractivity contribution in [1.29, 1.82) is 0 Å². The number of aromatic nitrogens is 1. The summed E-state index contributed by atoms with van der Waals surface area (Å²) < 4.78 is 1.09. The van der Waals surface area contributed by atoms with Gasteiger partial charge in [-0.25, -0.2) is 0 Å². The minimum atomic E-state index is 0.963. The van der Waals surface area contributed by atoms with Crippen molar-refractivity contribution >= 4 is 27.2 Å². The third kappa shape index (κ3) is 2.18. The molecule has 2 aromatic rings. The van der Waals surface area contributed by atoms with Gasteiger partial charge in [0.1, 0.15) is 0 Å². The summed E-state index contributed by atoms with van der Waals surface area (Å²) in [5, 5.41) is 3.45. The molecular formula is C15H13BrN2. The molecule has 0 atom stereocenters. The number of fused-ring (bicyclic) bond motifs is 1. The number of nitrogens with zero attached hydrogens (tertiary/aromatic N) is 1. The highest BCUT2D eigenvalue weighted by molar-refractivity contribution is 9.10. The molecule has 1 aliphatic heterocycles. The maximum atomic E-state index is 4.46. The maximum Gasteiger partial charge on any atom is 0.0705 e. The molecule has 0 saturated heterocycles. The molecule has 1 aromatic heterocycles. The fourth-order valence-corrected chi connectivity index (χ4v) is 2.55. The van der Waals surface area contributed by atoms with Crippen molar-refractivity contribution in [3.05, 3.63) is 64.4 Å². The Hall–Kier alpha value is -1.61. The normalized spacial score (nSPS) is 14.2. The summed E-state index contributed by atoms with van der Waals surface area (Å²) in [7, 11) is 0. The van der Waals surface area contributed by atoms with Gasteiger partial charge in [0, 0.05) is 34.0 Å². The molecule has 18 heavy (non-hydrogen) atoms. The van der Waals surface area contributed by atoms with E-state index < -0.39 is 0 Å². The molecule has 0 saturated carbocycles. The van der Waals surface area contributed by atoms with Crippen molar-refractivity contribution in [2.45, 2.75) is 6.42 Å². The maximum absolute atomic E-state index is 4.46. The van der Waals surface area contributed by atoms with Crippen LogP contribution >= 0.6 is 15.9 Å². The van der Waals surface area contributed by atoms with E-state index in [-0.39, 0.29) is 0 Å². The molecule has 3 rings (SSSR count). The SMILES string of the molecule is Brc1ccc2c(c1)C(c1ccccn1)=CCCN2. The van der Waals surface area contributed by atoms with Gasteiger partial charge in [0.15, 0.2) is 0 Å². The van der Waals surface area contributed by atoms with E-state index in [1.807, 2.05) is 18.3 Å². The van der Waals surface area contributed by atoms with Crippen LogP contribution in [0.5, 0.6) is 0 Å². The summed E-state index contributed by atoms with van der Waals surface area (Å²) in [6.45, 7) is 0.963. The molecule has 0 bridgehead atoms. The van der Waals surface area contributed by atoms with Crippen LogP contribution in [-0.2, 0) is 0 Å². The summed E-state index contributed by atoms with van der Waals surface area (Å²) in [6.07, 6.45) is 5.11. The highest BCUT2D eigenvalue weighted by Crippen LogP contribution is 2.33. The van der Waals surface area contributed by atoms with Gasteiger partial charge in [-0.3, -0.25) is 4.98 Å². The van der Waals surface area contributed by atoms with Gasteiger partial charge in [-0.1, -0.05) is 28.1 Å². The first-order chi connectivity index (χ1) is 8.84. The fraction of sp³-hybridized carbons (Fsp3) is 0.133. The number of hydrogen-bond donors (Lipinski definition) is 1. The van der Waals surface area contributed by atoms with E-state index in [0.29, 0.717) is 0 Å². The molecule has 0 spiro atoms. The predicted octanol–water partition coefficient (Wildman–Crippen LogP) is 4.09. The zero-order valence-corrected chi connectivity index (χ0v) is 11.4. The third-order valence-corrected chi connectivity index (χ3v) is 3.51. The molecule has 1 aliphatic rings. The highest BCUT2D eigenvalue weighted by Gasteiger charge is 2.13. The van der Waals surface area contributed by atoms with Gasteiger partial charge in [0.2, 0.25) is 0 Å². The molecule has 0 amide bonds. The quantitative estimate of drug-likeness (QED) is 0.858. The Kier molecular flexibility index (Phi) is 3.15. The van der Waals surface area contributed by atoms with Crippen LogP contribution < -0.4 is 5.32 Å². The lowest BCUT2D eigenvalue weighted by atomic mass is 10.0. The molecule has 90 valence electrons. The molecule has 1 N–H and O–H groups in total. The Morgan fingerprint density at radius 3 is 2.94 bits per heavy atom. The van der Waals surface area contributed by atoms with Crippen molar-refractivity contribution in [1.82, 2.24) is 4.98 Å². The lowest BCUT2D eigenvalue weighted by molar-refractivity contribution is 1.08. The number of nitrogens with one attached hydrogen (secondary N) is 1. The van der Waals surface area contributed by atoms with E-state index in [2.05, 4.69) is 56.6 Å². The van der Waals surface area contributed by atoms with Crippen LogP contribution in [0, 0.1) is 0 Å². The molecule has 0 radical (unpaired) electrons. The second-order valence-corrected chi connectivity index (χ2v) is 5.15. The predicted molar refractivity (Wildman–Crippen MR) is 78.6 cm³/mol. The first-order valence-electron chi connectivity index (χ1n) is 6.00. The van der Waals surface area contributed by atoms with E-state index in [9.17, 15) is 0 Å². The highest BCUT2D eigenvalue weighted by atomic mass is 79.9. The average molecular weight is 301 g/mol. The average Bonchev–Trinajstić information content (AvgIpc) is 2.61. The Balaban J connectivity index is 2.16. The fourth-order valence-electron chi connectivity index (χ4n) is 2.19. The minimum absolute atomic E-state index is 0.963. The van der Waals surface area contributed by atoms with E-state index in [1.54, 1.807) is 0 Å². The van der Waals surface area contributed by atoms with Crippen LogP contribution in [-0.4, -0.2) is 11.5 Å². The summed E-state index contributed by atoms with van der Waals surface area (Å²) in [4.78, 5) is 4.46. The molecule has 3 heteroatoms. The molecule has 1 aromatic carbocycles. The number of pyridine rings is 1. The zero-order chi connectivity index (χ0) is 12.4. The molecule has 2 heterocycles. The molecule has 2 nitrogen and oxygen atoms in total. The first-order valence-corrected chi connectivity index (χ1v) is 6.79. The van der Waals surface area contributed by atoms with Crippen LogP contribution in [0.2, 0.25) is 0 Å². The molecular weight excluding hydrogens is 288 g/mol. The summed E-state index contributed by atoms with van der Waals surface area (Å²) >= 11 is 3.54. The van der Waals surface area contributed by atoms with Crippen LogP contribution in [0.3, 0.4) is 0 Å². The van der Waals surface area contributed by atoms with Crippen LogP contribution in [0.25, 0.3) is 5.57 Å². The van der Waals surface area contributed by atoms with Crippen molar-refractivity contribution in [3.8, 4) is 0 Å². The second-order valence-electron chi connectivity index (χ2n) is 4.24. The van der Waals surface area contributed by atoms with E-state index >= 15 is 0 Å². The van der Waals surface area contributed by atoms with Crippen molar-refractivity contribution < 1.29 is 0 Å². The molecule has 0 aliphatic carbocycles. The topological polar surface area (TPSA) is 24.9 Å². The Bertz CT molecular complexity index is 591. The summed E-state index contributed by atoms with van der Waals surface area (Å²) in [6, 6.07) is 12.4. The van der Waals surface area contributed by atoms with Gasteiger partial charge in [-0.2, -0.15) is 0 Å². The van der Waals surface area contributed by atoms with Crippen LogP contribution in [0.4, 0.5) is 5.69 Å². The van der Waals surface area contributed by atoms with Gasteiger partial charge < -0.3 is 5.32 Å². The largest absolute Gasteiger partial charge is 0.384 e. The minimum Gasteiger partial charge on any atom is -0.384 e. The van der Waals surface area contributed by atoms with E-state index in [4.69, 9.17) is 0 Å². The van der Waals surface area contributed by atoms with Crippen molar-refractivity contribution in [2.24, 2.45) is 0 Å². The standard InChI is InChI=1S/C15H13BrN2/c16-11-6-7-15-13(10-11)12(4-3-9-18-15)14-5-1-2-8-17-14/h1-2,4-8,10,18H,3,9H2. The van der Waals surface area contributed by atoms with Gasteiger partial charge in [0.05, 0.1) is 5.69 Å².